The molecule has 1 atom stereocenters. The molecule has 5 heteroatoms. The number of carboxylic acid groups (broad SMARTS) is 1. The zero-order chi connectivity index (χ0) is 15.4. The lowest BCUT2D eigenvalue weighted by molar-refractivity contribution is -0.138. The molecule has 2 aromatic rings. The molecule has 0 aliphatic heterocycles. The first kappa shape index (κ1) is 15.2. The monoisotopic (exact) mass is 288 g/mol. The number of carbonyl (C=O) groups is 1. The van der Waals surface area contributed by atoms with Crippen LogP contribution in [-0.2, 0) is 11.2 Å². The summed E-state index contributed by atoms with van der Waals surface area (Å²) < 4.78 is 0. The van der Waals surface area contributed by atoms with Gasteiger partial charge >= 0.3 is 5.97 Å². The molecule has 21 heavy (non-hydrogen) atoms. The normalized spacial score (nSPS) is 12.7. The van der Waals surface area contributed by atoms with E-state index in [2.05, 4.69) is 23.8 Å². The molecule has 0 amide bonds. The number of carboxylic acids is 1. The molecule has 0 saturated heterocycles. The molecular formula is C16H20N2O3. The number of hydrogen-bond acceptors (Lipinski definition) is 3. The number of benzene rings is 1. The zero-order valence-corrected chi connectivity index (χ0v) is 12.3. The van der Waals surface area contributed by atoms with Crippen LogP contribution in [0.4, 0.5) is 0 Å². The van der Waals surface area contributed by atoms with Gasteiger partial charge in [-0.2, -0.15) is 0 Å². The van der Waals surface area contributed by atoms with Crippen LogP contribution in [0.2, 0.25) is 0 Å². The lowest BCUT2D eigenvalue weighted by Crippen LogP contribution is -2.18. The Labute approximate surface area is 123 Å². The second-order valence-corrected chi connectivity index (χ2v) is 5.83. The van der Waals surface area contributed by atoms with Crippen molar-refractivity contribution in [2.45, 2.75) is 33.1 Å². The van der Waals surface area contributed by atoms with Crippen molar-refractivity contribution in [1.29, 1.82) is 0 Å². The van der Waals surface area contributed by atoms with Gasteiger partial charge in [-0.3, -0.25) is 9.59 Å². The quantitative estimate of drug-likeness (QED) is 0.856. The van der Waals surface area contributed by atoms with Gasteiger partial charge in [0.25, 0.3) is 5.56 Å². The Balaban J connectivity index is 2.27. The summed E-state index contributed by atoms with van der Waals surface area (Å²) in [6, 6.07) is 7.16. The fraction of sp³-hybridized carbons (Fsp3) is 0.438. The summed E-state index contributed by atoms with van der Waals surface area (Å²) >= 11 is 0. The number of nitrogens with zero attached hydrogens (tertiary/aromatic N) is 1. The molecule has 0 aliphatic rings. The van der Waals surface area contributed by atoms with Gasteiger partial charge in [-0.25, -0.2) is 4.98 Å². The lowest BCUT2D eigenvalue weighted by Gasteiger charge is -2.16. The number of H-pyrrole nitrogens is 1. The van der Waals surface area contributed by atoms with Gasteiger partial charge in [0.05, 0.1) is 10.9 Å². The second kappa shape index (κ2) is 6.52. The van der Waals surface area contributed by atoms with Crippen molar-refractivity contribution >= 4 is 16.9 Å². The number of rotatable bonds is 6. The van der Waals surface area contributed by atoms with E-state index in [0.717, 1.165) is 6.42 Å². The third-order valence-corrected chi connectivity index (χ3v) is 3.41. The first-order chi connectivity index (χ1) is 9.95. The van der Waals surface area contributed by atoms with E-state index in [1.54, 1.807) is 18.2 Å². The summed E-state index contributed by atoms with van der Waals surface area (Å²) in [7, 11) is 0. The standard InChI is InChI=1S/C16H20N2O3/c1-10(2)7-11(9-15(19)20)8-14-17-13-6-4-3-5-12(13)16(21)18-14/h3-6,10-11H,7-9H2,1-2H3,(H,19,20)(H,17,18,21). The van der Waals surface area contributed by atoms with Crippen LogP contribution in [0.25, 0.3) is 10.9 Å². The van der Waals surface area contributed by atoms with Crippen LogP contribution >= 0.6 is 0 Å². The maximum absolute atomic E-state index is 12.0. The molecule has 2 N–H and O–H groups in total. The Hall–Kier alpha value is -2.17. The maximum atomic E-state index is 12.0. The number of fused-ring (bicyclic) bond motifs is 1. The maximum Gasteiger partial charge on any atom is 0.303 e. The smallest absolute Gasteiger partial charge is 0.303 e. The Kier molecular flexibility index (Phi) is 4.73. The molecule has 0 aliphatic carbocycles. The van der Waals surface area contributed by atoms with E-state index >= 15 is 0 Å². The predicted octanol–water partition coefficient (Wildman–Crippen LogP) is 2.60. The number of aromatic amines is 1. The summed E-state index contributed by atoms with van der Waals surface area (Å²) in [6.07, 6.45) is 1.36. The van der Waals surface area contributed by atoms with Crippen molar-refractivity contribution in [3.05, 3.63) is 40.4 Å². The van der Waals surface area contributed by atoms with Crippen molar-refractivity contribution in [3.63, 3.8) is 0 Å². The molecule has 0 radical (unpaired) electrons. The van der Waals surface area contributed by atoms with E-state index in [9.17, 15) is 9.59 Å². The first-order valence-corrected chi connectivity index (χ1v) is 7.15. The molecule has 5 nitrogen and oxygen atoms in total. The van der Waals surface area contributed by atoms with Crippen LogP contribution in [0.3, 0.4) is 0 Å². The number of aliphatic carboxylic acids is 1. The van der Waals surface area contributed by atoms with Crippen LogP contribution in [0.1, 0.15) is 32.5 Å². The van der Waals surface area contributed by atoms with Crippen LogP contribution < -0.4 is 5.56 Å². The molecule has 0 saturated carbocycles. The van der Waals surface area contributed by atoms with Gasteiger partial charge in [-0.05, 0) is 30.4 Å². The summed E-state index contributed by atoms with van der Waals surface area (Å²) in [5.74, 6) is 0.128. The highest BCUT2D eigenvalue weighted by Gasteiger charge is 2.17. The third-order valence-electron chi connectivity index (χ3n) is 3.41. The molecular weight excluding hydrogens is 268 g/mol. The van der Waals surface area contributed by atoms with E-state index < -0.39 is 5.97 Å². The van der Waals surface area contributed by atoms with Crippen molar-refractivity contribution in [2.24, 2.45) is 11.8 Å². The van der Waals surface area contributed by atoms with Crippen LogP contribution in [0.5, 0.6) is 0 Å². The van der Waals surface area contributed by atoms with Crippen LogP contribution in [0, 0.1) is 11.8 Å². The Morgan fingerprint density at radius 3 is 2.71 bits per heavy atom. The van der Waals surface area contributed by atoms with Gasteiger partial charge in [0.2, 0.25) is 0 Å². The van der Waals surface area contributed by atoms with Gasteiger partial charge in [-0.15, -0.1) is 0 Å². The topological polar surface area (TPSA) is 83.0 Å². The Bertz CT molecular complexity index is 691. The summed E-state index contributed by atoms with van der Waals surface area (Å²) in [5, 5.41) is 9.56. The minimum absolute atomic E-state index is 0.0215. The zero-order valence-electron chi connectivity index (χ0n) is 12.3. The largest absolute Gasteiger partial charge is 0.481 e. The van der Waals surface area contributed by atoms with E-state index in [4.69, 9.17) is 5.11 Å². The molecule has 0 spiro atoms. The van der Waals surface area contributed by atoms with Crippen LogP contribution in [0.15, 0.2) is 29.1 Å². The molecule has 0 bridgehead atoms. The predicted molar refractivity (Wildman–Crippen MR) is 81.3 cm³/mol. The highest BCUT2D eigenvalue weighted by atomic mass is 16.4. The molecule has 112 valence electrons. The SMILES string of the molecule is CC(C)CC(CC(=O)O)Cc1nc2ccccc2c(=O)[nH]1. The lowest BCUT2D eigenvalue weighted by atomic mass is 9.91. The molecule has 1 aromatic carbocycles. The van der Waals surface area contributed by atoms with E-state index in [1.807, 2.05) is 6.07 Å². The van der Waals surface area contributed by atoms with Gasteiger partial charge in [0.1, 0.15) is 5.82 Å². The summed E-state index contributed by atoms with van der Waals surface area (Å²) in [4.78, 5) is 30.2. The molecule has 1 unspecified atom stereocenters. The van der Waals surface area contributed by atoms with E-state index in [-0.39, 0.29) is 17.9 Å². The summed E-state index contributed by atoms with van der Waals surface area (Å²) in [6.45, 7) is 4.12. The number of aromatic nitrogens is 2. The van der Waals surface area contributed by atoms with Gasteiger partial charge < -0.3 is 10.1 Å². The van der Waals surface area contributed by atoms with Crippen LogP contribution in [-0.4, -0.2) is 21.0 Å². The van der Waals surface area contributed by atoms with Crippen molar-refractivity contribution < 1.29 is 9.90 Å². The average Bonchev–Trinajstić information content (AvgIpc) is 2.37. The second-order valence-electron chi connectivity index (χ2n) is 5.83. The highest BCUT2D eigenvalue weighted by Crippen LogP contribution is 2.19. The highest BCUT2D eigenvalue weighted by molar-refractivity contribution is 5.77. The Morgan fingerprint density at radius 1 is 1.33 bits per heavy atom. The minimum Gasteiger partial charge on any atom is -0.481 e. The molecule has 2 rings (SSSR count). The van der Waals surface area contributed by atoms with Crippen molar-refractivity contribution in [2.75, 3.05) is 0 Å². The number of para-hydroxylation sites is 1. The number of hydrogen-bond donors (Lipinski definition) is 2. The fourth-order valence-corrected chi connectivity index (χ4v) is 2.66. The van der Waals surface area contributed by atoms with E-state index in [1.165, 1.54) is 0 Å². The molecule has 1 heterocycles. The minimum atomic E-state index is -0.816. The first-order valence-electron chi connectivity index (χ1n) is 7.15. The van der Waals surface area contributed by atoms with Gasteiger partial charge in [-0.1, -0.05) is 26.0 Å². The Morgan fingerprint density at radius 2 is 2.05 bits per heavy atom. The average molecular weight is 288 g/mol. The van der Waals surface area contributed by atoms with Gasteiger partial charge in [0, 0.05) is 12.8 Å². The van der Waals surface area contributed by atoms with Gasteiger partial charge in [0.15, 0.2) is 0 Å². The molecule has 1 aromatic heterocycles. The third kappa shape index (κ3) is 4.15. The fourth-order valence-electron chi connectivity index (χ4n) is 2.66. The van der Waals surface area contributed by atoms with E-state index in [0.29, 0.717) is 29.1 Å². The summed E-state index contributed by atoms with van der Waals surface area (Å²) in [5.41, 5.74) is 0.476. The van der Waals surface area contributed by atoms with Crippen molar-refractivity contribution in [1.82, 2.24) is 9.97 Å². The molecule has 0 fully saturated rings. The van der Waals surface area contributed by atoms with Crippen molar-refractivity contribution in [3.8, 4) is 0 Å². The number of nitrogens with one attached hydrogen (secondary N) is 1.